The molecule has 0 spiro atoms. The lowest BCUT2D eigenvalue weighted by atomic mass is 9.97. The monoisotopic (exact) mass is 201 g/mol. The summed E-state index contributed by atoms with van der Waals surface area (Å²) in [5.41, 5.74) is 5.97. The van der Waals surface area contributed by atoms with Gasteiger partial charge in [-0.25, -0.2) is 0 Å². The van der Waals surface area contributed by atoms with Crippen LogP contribution in [0.15, 0.2) is 0 Å². The Kier molecular flexibility index (Phi) is 6.33. The van der Waals surface area contributed by atoms with Crippen LogP contribution in [0.5, 0.6) is 0 Å². The lowest BCUT2D eigenvalue weighted by Gasteiger charge is -2.37. The molecule has 0 heterocycles. The minimum Gasteiger partial charge on any atom is -0.329 e. The van der Waals surface area contributed by atoms with E-state index in [1.54, 1.807) is 0 Å². The first-order valence-electron chi connectivity index (χ1n) is 5.52. The summed E-state index contributed by atoms with van der Waals surface area (Å²) in [6.07, 6.45) is 2.32. The van der Waals surface area contributed by atoms with Crippen molar-refractivity contribution >= 4 is 0 Å². The molecule has 1 unspecified atom stereocenters. The van der Waals surface area contributed by atoms with Crippen LogP contribution in [0.2, 0.25) is 0 Å². The van der Waals surface area contributed by atoms with E-state index in [2.05, 4.69) is 44.8 Å². The normalized spacial score (nSPS) is 16.3. The predicted octanol–water partition coefficient (Wildman–Crippen LogP) is 0.997. The third kappa shape index (κ3) is 4.40. The molecule has 0 aliphatic heterocycles. The Morgan fingerprint density at radius 3 is 2.07 bits per heavy atom. The molecule has 86 valence electrons. The van der Waals surface area contributed by atoms with Gasteiger partial charge in [0.2, 0.25) is 0 Å². The molecule has 0 saturated heterocycles. The van der Waals surface area contributed by atoms with Gasteiger partial charge in [0, 0.05) is 12.1 Å². The van der Waals surface area contributed by atoms with Crippen LogP contribution >= 0.6 is 0 Å². The average Bonchev–Trinajstić information content (AvgIpc) is 2.15. The van der Waals surface area contributed by atoms with Crippen LogP contribution < -0.4 is 5.73 Å². The van der Waals surface area contributed by atoms with Crippen molar-refractivity contribution in [3.05, 3.63) is 0 Å². The minimum atomic E-state index is 0.173. The van der Waals surface area contributed by atoms with Gasteiger partial charge in [-0.05, 0) is 54.0 Å². The Labute approximate surface area is 89.2 Å². The summed E-state index contributed by atoms with van der Waals surface area (Å²) in [5, 5.41) is 0. The third-order valence-electron chi connectivity index (χ3n) is 3.22. The molecule has 0 aliphatic rings. The van der Waals surface area contributed by atoms with Crippen LogP contribution in [-0.4, -0.2) is 56.1 Å². The second kappa shape index (κ2) is 6.38. The second-order valence-electron chi connectivity index (χ2n) is 4.63. The van der Waals surface area contributed by atoms with Gasteiger partial charge in [0.25, 0.3) is 0 Å². The molecule has 0 saturated carbocycles. The van der Waals surface area contributed by atoms with Crippen LogP contribution in [0, 0.1) is 0 Å². The molecule has 14 heavy (non-hydrogen) atoms. The highest BCUT2D eigenvalue weighted by Crippen LogP contribution is 2.15. The first-order chi connectivity index (χ1) is 6.46. The number of likely N-dealkylation sites (N-methyl/N-ethyl adjacent to an activating group) is 1. The van der Waals surface area contributed by atoms with Crippen molar-refractivity contribution in [3.63, 3.8) is 0 Å². The summed E-state index contributed by atoms with van der Waals surface area (Å²) in [6.45, 7) is 7.45. The van der Waals surface area contributed by atoms with Gasteiger partial charge in [0.05, 0.1) is 0 Å². The molecular weight excluding hydrogens is 174 g/mol. The number of nitrogens with two attached hydrogens (primary N) is 1. The third-order valence-corrected chi connectivity index (χ3v) is 3.22. The molecule has 1 atom stereocenters. The lowest BCUT2D eigenvalue weighted by Crippen LogP contribution is -2.49. The maximum Gasteiger partial charge on any atom is 0.0297 e. The van der Waals surface area contributed by atoms with Gasteiger partial charge in [-0.3, -0.25) is 4.90 Å². The summed E-state index contributed by atoms with van der Waals surface area (Å²) in [6, 6.07) is 0. The van der Waals surface area contributed by atoms with Gasteiger partial charge in [0.15, 0.2) is 0 Å². The fourth-order valence-corrected chi connectivity index (χ4v) is 1.46. The number of rotatable bonds is 7. The minimum absolute atomic E-state index is 0.173. The molecule has 0 bridgehead atoms. The fraction of sp³-hybridized carbons (Fsp3) is 1.00. The van der Waals surface area contributed by atoms with E-state index in [9.17, 15) is 0 Å². The van der Waals surface area contributed by atoms with Gasteiger partial charge in [-0.1, -0.05) is 6.92 Å². The first kappa shape index (κ1) is 13.9. The van der Waals surface area contributed by atoms with Crippen molar-refractivity contribution < 1.29 is 0 Å². The van der Waals surface area contributed by atoms with Crippen molar-refractivity contribution in [3.8, 4) is 0 Å². The second-order valence-corrected chi connectivity index (χ2v) is 4.63. The van der Waals surface area contributed by atoms with E-state index in [4.69, 9.17) is 5.73 Å². The van der Waals surface area contributed by atoms with Crippen LogP contribution in [0.4, 0.5) is 0 Å². The highest BCUT2D eigenvalue weighted by molar-refractivity contribution is 4.83. The molecule has 0 aromatic heterocycles. The lowest BCUT2D eigenvalue weighted by molar-refractivity contribution is 0.134. The topological polar surface area (TPSA) is 32.5 Å². The fourth-order valence-electron chi connectivity index (χ4n) is 1.46. The van der Waals surface area contributed by atoms with Crippen molar-refractivity contribution in [2.75, 3.05) is 40.8 Å². The summed E-state index contributed by atoms with van der Waals surface area (Å²) >= 11 is 0. The van der Waals surface area contributed by atoms with E-state index in [1.165, 1.54) is 6.42 Å². The van der Waals surface area contributed by atoms with Crippen molar-refractivity contribution in [1.29, 1.82) is 0 Å². The maximum absolute atomic E-state index is 5.80. The molecule has 2 N–H and O–H groups in total. The SMILES string of the molecule is CCC(C)(CN)N(C)CCCN(C)C. The molecule has 0 amide bonds. The number of hydrogen-bond acceptors (Lipinski definition) is 3. The summed E-state index contributed by atoms with van der Waals surface area (Å²) in [5.74, 6) is 0. The van der Waals surface area contributed by atoms with Gasteiger partial charge < -0.3 is 10.6 Å². The molecule has 3 nitrogen and oxygen atoms in total. The van der Waals surface area contributed by atoms with E-state index < -0.39 is 0 Å². The molecule has 3 heteroatoms. The molecule has 0 aromatic rings. The van der Waals surface area contributed by atoms with Crippen molar-refractivity contribution in [2.45, 2.75) is 32.2 Å². The quantitative estimate of drug-likeness (QED) is 0.667. The molecule has 0 fully saturated rings. The van der Waals surface area contributed by atoms with Crippen LogP contribution in [0.3, 0.4) is 0 Å². The van der Waals surface area contributed by atoms with Crippen molar-refractivity contribution in [2.24, 2.45) is 5.73 Å². The Morgan fingerprint density at radius 2 is 1.71 bits per heavy atom. The van der Waals surface area contributed by atoms with Crippen LogP contribution in [0.25, 0.3) is 0 Å². The molecule has 0 aromatic carbocycles. The molecular formula is C11H27N3. The van der Waals surface area contributed by atoms with E-state index >= 15 is 0 Å². The van der Waals surface area contributed by atoms with Crippen LogP contribution in [0.1, 0.15) is 26.7 Å². The zero-order valence-corrected chi connectivity index (χ0v) is 10.5. The summed E-state index contributed by atoms with van der Waals surface area (Å²) in [4.78, 5) is 4.61. The van der Waals surface area contributed by atoms with Crippen LogP contribution in [-0.2, 0) is 0 Å². The molecule has 0 aliphatic carbocycles. The van der Waals surface area contributed by atoms with Gasteiger partial charge in [-0.2, -0.15) is 0 Å². The Balaban J connectivity index is 3.87. The molecule has 0 rings (SSSR count). The van der Waals surface area contributed by atoms with Gasteiger partial charge >= 0.3 is 0 Å². The first-order valence-corrected chi connectivity index (χ1v) is 5.52. The number of hydrogen-bond donors (Lipinski definition) is 1. The van der Waals surface area contributed by atoms with E-state index in [-0.39, 0.29) is 5.54 Å². The Hall–Kier alpha value is -0.120. The summed E-state index contributed by atoms with van der Waals surface area (Å²) in [7, 11) is 6.40. The highest BCUT2D eigenvalue weighted by Gasteiger charge is 2.24. The van der Waals surface area contributed by atoms with Crippen molar-refractivity contribution in [1.82, 2.24) is 9.80 Å². The molecule has 0 radical (unpaired) electrons. The van der Waals surface area contributed by atoms with Gasteiger partial charge in [-0.15, -0.1) is 0 Å². The number of nitrogens with zero attached hydrogens (tertiary/aromatic N) is 2. The van der Waals surface area contributed by atoms with E-state index in [1.807, 2.05) is 0 Å². The standard InChI is InChI=1S/C11H27N3/c1-6-11(2,10-12)14(5)9-7-8-13(3)4/h6-10,12H2,1-5H3. The Morgan fingerprint density at radius 1 is 1.14 bits per heavy atom. The van der Waals surface area contributed by atoms with E-state index in [0.29, 0.717) is 0 Å². The average molecular weight is 201 g/mol. The summed E-state index contributed by atoms with van der Waals surface area (Å²) < 4.78 is 0. The zero-order valence-electron chi connectivity index (χ0n) is 10.5. The largest absolute Gasteiger partial charge is 0.329 e. The Bertz CT molecular complexity index is 141. The predicted molar refractivity (Wildman–Crippen MR) is 63.6 cm³/mol. The zero-order chi connectivity index (χ0) is 11.2. The van der Waals surface area contributed by atoms with Gasteiger partial charge in [0.1, 0.15) is 0 Å². The maximum atomic E-state index is 5.80. The van der Waals surface area contributed by atoms with E-state index in [0.717, 1.165) is 26.1 Å². The smallest absolute Gasteiger partial charge is 0.0297 e. The highest BCUT2D eigenvalue weighted by atomic mass is 15.2.